The van der Waals surface area contributed by atoms with E-state index in [0.717, 1.165) is 23.4 Å². The number of anilines is 1. The molecule has 152 valence electrons. The van der Waals surface area contributed by atoms with Crippen LogP contribution in [0.4, 0.5) is 18.9 Å². The molecule has 3 rings (SSSR count). The van der Waals surface area contributed by atoms with Gasteiger partial charge >= 0.3 is 6.18 Å². The summed E-state index contributed by atoms with van der Waals surface area (Å²) in [5, 5.41) is -0.221. The van der Waals surface area contributed by atoms with Crippen molar-refractivity contribution in [3.63, 3.8) is 0 Å². The van der Waals surface area contributed by atoms with Gasteiger partial charge in [0, 0.05) is 31.4 Å². The van der Waals surface area contributed by atoms with Crippen LogP contribution in [0.2, 0.25) is 5.02 Å². The Morgan fingerprint density at radius 2 is 1.82 bits per heavy atom. The molecule has 1 unspecified atom stereocenters. The average molecular weight is 433 g/mol. The zero-order valence-electron chi connectivity index (χ0n) is 15.4. The van der Waals surface area contributed by atoms with E-state index in [9.17, 15) is 21.6 Å². The van der Waals surface area contributed by atoms with E-state index in [0.29, 0.717) is 12.6 Å². The molecule has 2 aromatic carbocycles. The van der Waals surface area contributed by atoms with Crippen LogP contribution in [0.25, 0.3) is 0 Å². The van der Waals surface area contributed by atoms with Gasteiger partial charge in [0.2, 0.25) is 10.0 Å². The maximum absolute atomic E-state index is 13.0. The number of sulfonamides is 1. The first kappa shape index (κ1) is 21.0. The predicted octanol–water partition coefficient (Wildman–Crippen LogP) is 4.57. The topological polar surface area (TPSA) is 40.6 Å². The van der Waals surface area contributed by atoms with E-state index < -0.39 is 26.7 Å². The van der Waals surface area contributed by atoms with E-state index in [-0.39, 0.29) is 24.2 Å². The Balaban J connectivity index is 1.87. The van der Waals surface area contributed by atoms with Crippen molar-refractivity contribution in [2.45, 2.75) is 31.0 Å². The van der Waals surface area contributed by atoms with E-state index in [4.69, 9.17) is 11.6 Å². The standard InChI is InChI=1S/C19H20ClF3N2O2S/c1-13-4-3-5-16(10-13)25-9-8-24(12-14(25)2)28(26,27)18-11-15(19(21,22)23)6-7-17(18)20/h3-7,10-11,14H,8-9,12H2,1-2H3. The first-order chi connectivity index (χ1) is 13.0. The highest BCUT2D eigenvalue weighted by Crippen LogP contribution is 2.35. The van der Waals surface area contributed by atoms with Gasteiger partial charge in [-0.2, -0.15) is 17.5 Å². The van der Waals surface area contributed by atoms with Gasteiger partial charge in [-0.1, -0.05) is 23.7 Å². The first-order valence-electron chi connectivity index (χ1n) is 8.70. The Morgan fingerprint density at radius 1 is 1.11 bits per heavy atom. The van der Waals surface area contributed by atoms with Gasteiger partial charge in [0.25, 0.3) is 0 Å². The molecule has 0 N–H and O–H groups in total. The summed E-state index contributed by atoms with van der Waals surface area (Å²) in [5.74, 6) is 0. The molecule has 0 bridgehead atoms. The predicted molar refractivity (Wildman–Crippen MR) is 103 cm³/mol. The minimum atomic E-state index is -4.65. The highest BCUT2D eigenvalue weighted by molar-refractivity contribution is 7.89. The van der Waals surface area contributed by atoms with Gasteiger partial charge in [-0.05, 0) is 49.7 Å². The largest absolute Gasteiger partial charge is 0.416 e. The van der Waals surface area contributed by atoms with Crippen molar-refractivity contribution in [2.24, 2.45) is 0 Å². The Bertz CT molecular complexity index is 979. The summed E-state index contributed by atoms with van der Waals surface area (Å²) >= 11 is 5.94. The lowest BCUT2D eigenvalue weighted by Crippen LogP contribution is -2.53. The molecule has 1 aliphatic heterocycles. The molecule has 0 radical (unpaired) electrons. The van der Waals surface area contributed by atoms with Crippen molar-refractivity contribution in [1.82, 2.24) is 4.31 Å². The molecule has 2 aromatic rings. The number of nitrogens with zero attached hydrogens (tertiary/aromatic N) is 2. The van der Waals surface area contributed by atoms with E-state index >= 15 is 0 Å². The summed E-state index contributed by atoms with van der Waals surface area (Å²) in [6, 6.07) is 10.1. The van der Waals surface area contributed by atoms with E-state index in [1.807, 2.05) is 38.1 Å². The lowest BCUT2D eigenvalue weighted by Gasteiger charge is -2.40. The molecule has 0 aliphatic carbocycles. The van der Waals surface area contributed by atoms with Crippen molar-refractivity contribution in [2.75, 3.05) is 24.5 Å². The van der Waals surface area contributed by atoms with Gasteiger partial charge in [-0.25, -0.2) is 8.42 Å². The van der Waals surface area contributed by atoms with Crippen LogP contribution >= 0.6 is 11.6 Å². The number of benzene rings is 2. The van der Waals surface area contributed by atoms with Crippen LogP contribution in [-0.2, 0) is 16.2 Å². The van der Waals surface area contributed by atoms with Crippen LogP contribution in [0.15, 0.2) is 47.4 Å². The highest BCUT2D eigenvalue weighted by Gasteiger charge is 2.36. The first-order valence-corrected chi connectivity index (χ1v) is 10.5. The van der Waals surface area contributed by atoms with Crippen LogP contribution in [0.1, 0.15) is 18.1 Å². The zero-order chi connectivity index (χ0) is 20.7. The Kier molecular flexibility index (Phi) is 5.67. The zero-order valence-corrected chi connectivity index (χ0v) is 16.9. The summed E-state index contributed by atoms with van der Waals surface area (Å²) in [7, 11) is -4.15. The maximum Gasteiger partial charge on any atom is 0.416 e. The van der Waals surface area contributed by atoms with Gasteiger partial charge in [-0.3, -0.25) is 0 Å². The third kappa shape index (κ3) is 4.14. The van der Waals surface area contributed by atoms with Crippen molar-refractivity contribution in [1.29, 1.82) is 0 Å². The van der Waals surface area contributed by atoms with Gasteiger partial charge in [0.05, 0.1) is 10.6 Å². The molecule has 4 nitrogen and oxygen atoms in total. The third-order valence-electron chi connectivity index (χ3n) is 4.80. The maximum atomic E-state index is 13.0. The molecule has 1 atom stereocenters. The minimum Gasteiger partial charge on any atom is -0.366 e. The van der Waals surface area contributed by atoms with Gasteiger partial charge in [0.15, 0.2) is 0 Å². The van der Waals surface area contributed by atoms with Crippen LogP contribution in [0.3, 0.4) is 0 Å². The van der Waals surface area contributed by atoms with Gasteiger partial charge in [-0.15, -0.1) is 0 Å². The Morgan fingerprint density at radius 3 is 2.43 bits per heavy atom. The van der Waals surface area contributed by atoms with Crippen molar-refractivity contribution < 1.29 is 21.6 Å². The second kappa shape index (κ2) is 7.57. The Labute approximate surface area is 167 Å². The molecule has 0 aromatic heterocycles. The second-order valence-electron chi connectivity index (χ2n) is 6.89. The minimum absolute atomic E-state index is 0.144. The smallest absolute Gasteiger partial charge is 0.366 e. The van der Waals surface area contributed by atoms with E-state index in [2.05, 4.69) is 4.90 Å². The molecule has 1 saturated heterocycles. The normalized spacial score (nSPS) is 19.1. The second-order valence-corrected chi connectivity index (χ2v) is 9.20. The van der Waals surface area contributed by atoms with Gasteiger partial charge < -0.3 is 4.90 Å². The summed E-state index contributed by atoms with van der Waals surface area (Å²) in [5.41, 5.74) is 1.04. The number of aryl methyl sites for hydroxylation is 1. The fourth-order valence-electron chi connectivity index (χ4n) is 3.35. The molecular formula is C19H20ClF3N2O2S. The summed E-state index contributed by atoms with van der Waals surface area (Å²) in [6.07, 6.45) is -4.65. The lowest BCUT2D eigenvalue weighted by molar-refractivity contribution is -0.137. The fraction of sp³-hybridized carbons (Fsp3) is 0.368. The molecule has 1 heterocycles. The number of piperazine rings is 1. The fourth-order valence-corrected chi connectivity index (χ4v) is 5.36. The number of hydrogen-bond acceptors (Lipinski definition) is 3. The SMILES string of the molecule is Cc1cccc(N2CCN(S(=O)(=O)c3cc(C(F)(F)F)ccc3Cl)CC2C)c1. The molecule has 0 amide bonds. The molecule has 9 heteroatoms. The molecule has 28 heavy (non-hydrogen) atoms. The average Bonchev–Trinajstić information content (AvgIpc) is 2.60. The third-order valence-corrected chi connectivity index (χ3v) is 7.15. The van der Waals surface area contributed by atoms with E-state index in [1.54, 1.807) is 0 Å². The highest BCUT2D eigenvalue weighted by atomic mass is 35.5. The summed E-state index contributed by atoms with van der Waals surface area (Å²) < 4.78 is 66.2. The van der Waals surface area contributed by atoms with Crippen LogP contribution in [-0.4, -0.2) is 38.4 Å². The van der Waals surface area contributed by atoms with Crippen LogP contribution in [0, 0.1) is 6.92 Å². The monoisotopic (exact) mass is 432 g/mol. The molecule has 1 aliphatic rings. The van der Waals surface area contributed by atoms with Crippen LogP contribution in [0.5, 0.6) is 0 Å². The Hall–Kier alpha value is -1.77. The summed E-state index contributed by atoms with van der Waals surface area (Å²) in [6.45, 7) is 4.61. The number of hydrogen-bond donors (Lipinski definition) is 0. The van der Waals surface area contributed by atoms with Crippen molar-refractivity contribution in [3.8, 4) is 0 Å². The van der Waals surface area contributed by atoms with E-state index in [1.165, 1.54) is 4.31 Å². The van der Waals surface area contributed by atoms with Crippen molar-refractivity contribution in [3.05, 3.63) is 58.6 Å². The number of halogens is 4. The number of alkyl halides is 3. The molecule has 0 spiro atoms. The molecule has 1 fully saturated rings. The summed E-state index contributed by atoms with van der Waals surface area (Å²) in [4.78, 5) is 1.58. The van der Waals surface area contributed by atoms with Crippen LogP contribution < -0.4 is 4.90 Å². The van der Waals surface area contributed by atoms with Gasteiger partial charge in [0.1, 0.15) is 4.90 Å². The molecular weight excluding hydrogens is 413 g/mol. The van der Waals surface area contributed by atoms with Crippen molar-refractivity contribution >= 4 is 27.3 Å². The quantitative estimate of drug-likeness (QED) is 0.713. The lowest BCUT2D eigenvalue weighted by atomic mass is 10.1. The number of rotatable bonds is 3. The molecule has 0 saturated carbocycles.